The van der Waals surface area contributed by atoms with Crippen LogP contribution in [0.3, 0.4) is 0 Å². The third kappa shape index (κ3) is 12.5. The van der Waals surface area contributed by atoms with E-state index in [1.807, 2.05) is 6.92 Å². The zero-order valence-corrected chi connectivity index (χ0v) is 18.5. The van der Waals surface area contributed by atoms with Crippen LogP contribution in [0.5, 0.6) is 0 Å². The highest BCUT2D eigenvalue weighted by Crippen LogP contribution is 2.19. The highest BCUT2D eigenvalue weighted by Gasteiger charge is 2.17. The number of rotatable bonds is 11. The molecule has 1 atom stereocenters. The van der Waals surface area contributed by atoms with E-state index in [0.29, 0.717) is 12.5 Å². The van der Waals surface area contributed by atoms with Crippen LogP contribution in [0.15, 0.2) is 24.3 Å². The fourth-order valence-corrected chi connectivity index (χ4v) is 2.92. The topological polar surface area (TPSA) is 66.8 Å². The van der Waals surface area contributed by atoms with Gasteiger partial charge in [-0.1, -0.05) is 52.0 Å². The number of hydrogen-bond acceptors (Lipinski definition) is 4. The standard InChI is InChI=1S/C21H35NO2.C2H4O2/c1-6-12-22(13-7-2)14-15-24-21(23)18(5)20-10-8-19(9-11-20)16-17(3)4;1-2(3)4/h8-11,17-18H,6-7,12-16H2,1-5H3;1H3,(H,3,4). The molecule has 1 aromatic carbocycles. The summed E-state index contributed by atoms with van der Waals surface area (Å²) in [5, 5.41) is 7.42. The molecule has 0 aliphatic heterocycles. The molecule has 5 nitrogen and oxygen atoms in total. The Morgan fingerprint density at radius 1 is 1.00 bits per heavy atom. The van der Waals surface area contributed by atoms with Crippen molar-refractivity contribution in [3.8, 4) is 0 Å². The molecule has 160 valence electrons. The first-order chi connectivity index (χ1) is 13.2. The lowest BCUT2D eigenvalue weighted by atomic mass is 9.97. The molecule has 28 heavy (non-hydrogen) atoms. The number of esters is 1. The lowest BCUT2D eigenvalue weighted by Gasteiger charge is -2.21. The summed E-state index contributed by atoms with van der Waals surface area (Å²) in [4.78, 5) is 23.6. The first kappa shape index (κ1) is 26.1. The molecule has 0 bridgehead atoms. The Labute approximate surface area is 171 Å². The van der Waals surface area contributed by atoms with Crippen molar-refractivity contribution in [1.29, 1.82) is 0 Å². The number of carboxylic acids is 1. The van der Waals surface area contributed by atoms with E-state index in [1.165, 1.54) is 5.56 Å². The molecular weight excluding hydrogens is 354 g/mol. The third-order valence-electron chi connectivity index (χ3n) is 4.21. The van der Waals surface area contributed by atoms with Crippen LogP contribution in [-0.4, -0.2) is 48.2 Å². The number of carboxylic acid groups (broad SMARTS) is 1. The van der Waals surface area contributed by atoms with E-state index in [1.54, 1.807) is 0 Å². The van der Waals surface area contributed by atoms with Crippen molar-refractivity contribution in [2.75, 3.05) is 26.2 Å². The average molecular weight is 394 g/mol. The minimum atomic E-state index is -0.833. The molecule has 0 aromatic heterocycles. The third-order valence-corrected chi connectivity index (χ3v) is 4.21. The summed E-state index contributed by atoms with van der Waals surface area (Å²) in [6.45, 7) is 15.2. The van der Waals surface area contributed by atoms with Crippen LogP contribution in [0.1, 0.15) is 71.4 Å². The summed E-state index contributed by atoms with van der Waals surface area (Å²) in [5.74, 6) is -0.518. The van der Waals surface area contributed by atoms with Gasteiger partial charge in [-0.2, -0.15) is 0 Å². The van der Waals surface area contributed by atoms with Gasteiger partial charge in [-0.3, -0.25) is 14.5 Å². The van der Waals surface area contributed by atoms with Crippen LogP contribution in [-0.2, 0) is 20.7 Å². The van der Waals surface area contributed by atoms with Crippen LogP contribution in [0, 0.1) is 5.92 Å². The smallest absolute Gasteiger partial charge is 0.313 e. The summed E-state index contributed by atoms with van der Waals surface area (Å²) in [6, 6.07) is 8.38. The summed E-state index contributed by atoms with van der Waals surface area (Å²) in [6.07, 6.45) is 3.34. The lowest BCUT2D eigenvalue weighted by Crippen LogP contribution is -2.30. The summed E-state index contributed by atoms with van der Waals surface area (Å²) in [5.41, 5.74) is 2.36. The van der Waals surface area contributed by atoms with Crippen LogP contribution < -0.4 is 0 Å². The first-order valence-electron chi connectivity index (χ1n) is 10.4. The summed E-state index contributed by atoms with van der Waals surface area (Å²) < 4.78 is 5.50. The molecule has 0 aliphatic carbocycles. The molecule has 1 aromatic rings. The maximum Gasteiger partial charge on any atom is 0.313 e. The number of aliphatic carboxylic acids is 1. The molecule has 0 radical (unpaired) electrons. The largest absolute Gasteiger partial charge is 0.481 e. The highest BCUT2D eigenvalue weighted by molar-refractivity contribution is 5.77. The second-order valence-corrected chi connectivity index (χ2v) is 7.59. The zero-order chi connectivity index (χ0) is 21.5. The first-order valence-corrected chi connectivity index (χ1v) is 10.4. The van der Waals surface area contributed by atoms with Gasteiger partial charge in [-0.25, -0.2) is 0 Å². The van der Waals surface area contributed by atoms with E-state index in [9.17, 15) is 4.79 Å². The monoisotopic (exact) mass is 393 g/mol. The predicted molar refractivity (Wildman–Crippen MR) is 115 cm³/mol. The molecule has 0 saturated heterocycles. The summed E-state index contributed by atoms with van der Waals surface area (Å²) >= 11 is 0. The average Bonchev–Trinajstić information content (AvgIpc) is 2.61. The fraction of sp³-hybridized carbons (Fsp3) is 0.652. The number of benzene rings is 1. The number of nitrogens with zero attached hydrogens (tertiary/aromatic N) is 1. The van der Waals surface area contributed by atoms with Crippen LogP contribution in [0.4, 0.5) is 0 Å². The van der Waals surface area contributed by atoms with Crippen molar-refractivity contribution in [2.45, 2.75) is 66.7 Å². The molecule has 0 spiro atoms. The Kier molecular flexibility index (Phi) is 14.1. The molecule has 0 heterocycles. The number of carbonyl (C=O) groups is 2. The molecule has 0 amide bonds. The Bertz CT molecular complexity index is 544. The van der Waals surface area contributed by atoms with Crippen molar-refractivity contribution in [2.24, 2.45) is 5.92 Å². The maximum absolute atomic E-state index is 12.3. The molecule has 1 N–H and O–H groups in total. The van der Waals surface area contributed by atoms with Gasteiger partial charge in [0, 0.05) is 13.5 Å². The molecule has 0 saturated carbocycles. The van der Waals surface area contributed by atoms with E-state index in [-0.39, 0.29) is 11.9 Å². The minimum absolute atomic E-state index is 0.125. The van der Waals surface area contributed by atoms with Crippen LogP contribution in [0.25, 0.3) is 0 Å². The SMILES string of the molecule is CC(=O)O.CCCN(CCC)CCOC(=O)C(C)c1ccc(CC(C)C)cc1. The van der Waals surface area contributed by atoms with Crippen molar-refractivity contribution < 1.29 is 19.4 Å². The second-order valence-electron chi connectivity index (χ2n) is 7.59. The predicted octanol–water partition coefficient (Wildman–Crippen LogP) is 4.74. The number of carbonyl (C=O) groups excluding carboxylic acids is 1. The molecule has 0 fully saturated rings. The van der Waals surface area contributed by atoms with Crippen molar-refractivity contribution in [1.82, 2.24) is 4.90 Å². The van der Waals surface area contributed by atoms with E-state index in [2.05, 4.69) is 56.9 Å². The van der Waals surface area contributed by atoms with Gasteiger partial charge in [-0.15, -0.1) is 0 Å². The Morgan fingerprint density at radius 2 is 1.50 bits per heavy atom. The van der Waals surface area contributed by atoms with Crippen LogP contribution >= 0.6 is 0 Å². The molecule has 1 rings (SSSR count). The minimum Gasteiger partial charge on any atom is -0.481 e. The Balaban J connectivity index is 0.00000165. The zero-order valence-electron chi connectivity index (χ0n) is 18.5. The summed E-state index contributed by atoms with van der Waals surface area (Å²) in [7, 11) is 0. The van der Waals surface area contributed by atoms with Crippen molar-refractivity contribution in [3.63, 3.8) is 0 Å². The Hall–Kier alpha value is -1.88. The van der Waals surface area contributed by atoms with Crippen molar-refractivity contribution >= 4 is 11.9 Å². The maximum atomic E-state index is 12.3. The molecule has 1 unspecified atom stereocenters. The van der Waals surface area contributed by atoms with Gasteiger partial charge in [0.15, 0.2) is 0 Å². The second kappa shape index (κ2) is 15.1. The number of hydrogen-bond donors (Lipinski definition) is 1. The molecular formula is C23H39NO4. The lowest BCUT2D eigenvalue weighted by molar-refractivity contribution is -0.145. The van der Waals surface area contributed by atoms with Gasteiger partial charge in [0.25, 0.3) is 5.97 Å². The van der Waals surface area contributed by atoms with E-state index >= 15 is 0 Å². The molecule has 5 heteroatoms. The van der Waals surface area contributed by atoms with Crippen molar-refractivity contribution in [3.05, 3.63) is 35.4 Å². The number of ether oxygens (including phenoxy) is 1. The molecule has 0 aliphatic rings. The highest BCUT2D eigenvalue weighted by atomic mass is 16.5. The van der Waals surface area contributed by atoms with Gasteiger partial charge in [0.2, 0.25) is 0 Å². The fourth-order valence-electron chi connectivity index (χ4n) is 2.92. The van der Waals surface area contributed by atoms with Gasteiger partial charge in [-0.05, 0) is 56.3 Å². The normalized spacial score (nSPS) is 11.7. The van der Waals surface area contributed by atoms with E-state index < -0.39 is 5.97 Å². The quantitative estimate of drug-likeness (QED) is 0.550. The van der Waals surface area contributed by atoms with Gasteiger partial charge < -0.3 is 9.84 Å². The Morgan fingerprint density at radius 3 is 1.93 bits per heavy atom. The van der Waals surface area contributed by atoms with Gasteiger partial charge in [0.05, 0.1) is 5.92 Å². The van der Waals surface area contributed by atoms with Gasteiger partial charge in [0.1, 0.15) is 6.61 Å². The van der Waals surface area contributed by atoms with Gasteiger partial charge >= 0.3 is 5.97 Å². The van der Waals surface area contributed by atoms with E-state index in [0.717, 1.165) is 51.4 Å². The van der Waals surface area contributed by atoms with E-state index in [4.69, 9.17) is 14.6 Å². The van der Waals surface area contributed by atoms with Crippen LogP contribution in [0.2, 0.25) is 0 Å².